The molecule has 0 aliphatic rings. The molecule has 2 heterocycles. The molecule has 3 aromatic rings. The monoisotopic (exact) mass is 302 g/mol. The zero-order valence-electron chi connectivity index (χ0n) is 10.9. The average Bonchev–Trinajstić information content (AvgIpc) is 3.07. The van der Waals surface area contributed by atoms with Crippen molar-refractivity contribution in [1.29, 1.82) is 0 Å². The molecule has 0 radical (unpaired) electrons. The van der Waals surface area contributed by atoms with Crippen molar-refractivity contribution in [3.63, 3.8) is 0 Å². The largest absolute Gasteiger partial charge is 0.397 e. The third kappa shape index (κ3) is 2.36. The fourth-order valence-electron chi connectivity index (χ4n) is 1.81. The number of thiophene rings is 1. The molecule has 0 unspecified atom stereocenters. The summed E-state index contributed by atoms with van der Waals surface area (Å²) in [4.78, 5) is 15.3. The third-order valence-electron chi connectivity index (χ3n) is 2.96. The number of nitrogens with zero attached hydrogens (tertiary/aromatic N) is 3. The Hall–Kier alpha value is -2.74. The molecular formula is C13H10N4O3S. The van der Waals surface area contributed by atoms with E-state index in [1.807, 2.05) is 12.3 Å². The van der Waals surface area contributed by atoms with Crippen LogP contribution in [0.25, 0.3) is 22.2 Å². The second-order valence-electron chi connectivity index (χ2n) is 4.39. The van der Waals surface area contributed by atoms with Gasteiger partial charge in [-0.25, -0.2) is 0 Å². The van der Waals surface area contributed by atoms with Gasteiger partial charge in [0.1, 0.15) is 4.88 Å². The van der Waals surface area contributed by atoms with Gasteiger partial charge in [-0.15, -0.1) is 11.3 Å². The minimum Gasteiger partial charge on any atom is -0.397 e. The maximum atomic E-state index is 10.8. The predicted molar refractivity (Wildman–Crippen MR) is 78.9 cm³/mol. The lowest BCUT2D eigenvalue weighted by molar-refractivity contribution is -0.384. The lowest BCUT2D eigenvalue weighted by atomic mass is 10.2. The van der Waals surface area contributed by atoms with Gasteiger partial charge in [0.2, 0.25) is 5.82 Å². The molecule has 0 saturated heterocycles. The van der Waals surface area contributed by atoms with E-state index in [2.05, 4.69) is 10.1 Å². The minimum atomic E-state index is -0.467. The molecule has 1 aromatic carbocycles. The Morgan fingerprint density at radius 3 is 2.90 bits per heavy atom. The Morgan fingerprint density at radius 2 is 2.24 bits per heavy atom. The molecule has 0 saturated carbocycles. The predicted octanol–water partition coefficient (Wildman–Crippen LogP) is 3.26. The number of nitro groups is 1. The van der Waals surface area contributed by atoms with Gasteiger partial charge in [-0.2, -0.15) is 4.98 Å². The van der Waals surface area contributed by atoms with Crippen LogP contribution in [-0.2, 0) is 0 Å². The molecule has 0 spiro atoms. The molecule has 0 aliphatic carbocycles. The molecule has 0 atom stereocenters. The van der Waals surface area contributed by atoms with Gasteiger partial charge in [0.15, 0.2) is 0 Å². The van der Waals surface area contributed by atoms with Crippen LogP contribution in [-0.4, -0.2) is 15.1 Å². The molecule has 3 rings (SSSR count). The van der Waals surface area contributed by atoms with E-state index in [-0.39, 0.29) is 5.69 Å². The zero-order chi connectivity index (χ0) is 15.0. The van der Waals surface area contributed by atoms with Crippen molar-refractivity contribution in [2.45, 2.75) is 6.92 Å². The quantitative estimate of drug-likeness (QED) is 0.587. The van der Waals surface area contributed by atoms with Gasteiger partial charge in [0.05, 0.1) is 10.6 Å². The summed E-state index contributed by atoms with van der Waals surface area (Å²) >= 11 is 1.42. The highest BCUT2D eigenvalue weighted by atomic mass is 32.1. The Morgan fingerprint density at radius 1 is 1.43 bits per heavy atom. The highest BCUT2D eigenvalue weighted by Crippen LogP contribution is 2.34. The summed E-state index contributed by atoms with van der Waals surface area (Å²) in [6, 6.07) is 6.07. The summed E-state index contributed by atoms with van der Waals surface area (Å²) in [6.07, 6.45) is 0. The van der Waals surface area contributed by atoms with Crippen LogP contribution in [0.3, 0.4) is 0 Å². The zero-order valence-corrected chi connectivity index (χ0v) is 11.8. The number of nitro benzene ring substituents is 1. The molecule has 2 N–H and O–H groups in total. The van der Waals surface area contributed by atoms with Crippen LogP contribution in [0.4, 0.5) is 11.4 Å². The Kier molecular flexibility index (Phi) is 3.15. The summed E-state index contributed by atoms with van der Waals surface area (Å²) in [7, 11) is 0. The second kappa shape index (κ2) is 4.98. The first kappa shape index (κ1) is 13.3. The number of hydrogen-bond acceptors (Lipinski definition) is 7. The molecule has 0 amide bonds. The highest BCUT2D eigenvalue weighted by molar-refractivity contribution is 7.14. The third-order valence-corrected chi connectivity index (χ3v) is 4.06. The molecular weight excluding hydrogens is 292 g/mol. The number of rotatable bonds is 3. The summed E-state index contributed by atoms with van der Waals surface area (Å²) < 4.78 is 5.20. The summed E-state index contributed by atoms with van der Waals surface area (Å²) in [6.45, 7) is 1.90. The van der Waals surface area contributed by atoms with E-state index in [0.717, 1.165) is 5.56 Å². The Balaban J connectivity index is 2.00. The maximum absolute atomic E-state index is 10.8. The number of nitrogens with two attached hydrogens (primary N) is 1. The molecule has 7 nitrogen and oxygen atoms in total. The average molecular weight is 302 g/mol. The van der Waals surface area contributed by atoms with Gasteiger partial charge in [-0.05, 0) is 17.9 Å². The van der Waals surface area contributed by atoms with Crippen LogP contribution in [0.1, 0.15) is 5.56 Å². The van der Waals surface area contributed by atoms with Crippen LogP contribution < -0.4 is 5.73 Å². The van der Waals surface area contributed by atoms with E-state index in [0.29, 0.717) is 27.8 Å². The van der Waals surface area contributed by atoms with E-state index < -0.39 is 4.92 Å². The minimum absolute atomic E-state index is 0.0228. The van der Waals surface area contributed by atoms with Gasteiger partial charge in [0.25, 0.3) is 11.6 Å². The van der Waals surface area contributed by atoms with Crippen LogP contribution in [0.15, 0.2) is 34.2 Å². The fraction of sp³-hybridized carbons (Fsp3) is 0.0769. The maximum Gasteiger partial charge on any atom is 0.270 e. The van der Waals surface area contributed by atoms with Gasteiger partial charge >= 0.3 is 0 Å². The second-order valence-corrected chi connectivity index (χ2v) is 5.27. The Labute approximate surface area is 123 Å². The molecule has 106 valence electrons. The van der Waals surface area contributed by atoms with E-state index in [1.54, 1.807) is 12.1 Å². The number of aromatic nitrogens is 2. The van der Waals surface area contributed by atoms with E-state index in [1.165, 1.54) is 23.5 Å². The van der Waals surface area contributed by atoms with E-state index in [9.17, 15) is 10.1 Å². The van der Waals surface area contributed by atoms with Gasteiger partial charge in [0, 0.05) is 17.7 Å². The van der Waals surface area contributed by atoms with Gasteiger partial charge in [-0.1, -0.05) is 17.3 Å². The molecule has 8 heteroatoms. The number of non-ortho nitro benzene ring substituents is 1. The fourth-order valence-corrected chi connectivity index (χ4v) is 2.70. The van der Waals surface area contributed by atoms with Gasteiger partial charge in [-0.3, -0.25) is 10.1 Å². The molecule has 0 fully saturated rings. The molecule has 0 aliphatic heterocycles. The number of hydrogen-bond donors (Lipinski definition) is 1. The van der Waals surface area contributed by atoms with Crippen molar-refractivity contribution in [1.82, 2.24) is 10.1 Å². The normalized spacial score (nSPS) is 10.7. The summed E-state index contributed by atoms with van der Waals surface area (Å²) in [5, 5.41) is 16.5. The lowest BCUT2D eigenvalue weighted by Gasteiger charge is -1.94. The Bertz CT molecular complexity index is 824. The van der Waals surface area contributed by atoms with Crippen LogP contribution >= 0.6 is 11.3 Å². The van der Waals surface area contributed by atoms with Crippen LogP contribution in [0.5, 0.6) is 0 Å². The molecule has 21 heavy (non-hydrogen) atoms. The first-order valence-electron chi connectivity index (χ1n) is 5.98. The van der Waals surface area contributed by atoms with Crippen molar-refractivity contribution >= 4 is 22.7 Å². The topological polar surface area (TPSA) is 108 Å². The SMILES string of the molecule is Cc1csc(-c2nc(-c3cccc([N+](=O)[O-])c3)no2)c1N. The lowest BCUT2D eigenvalue weighted by Crippen LogP contribution is -1.89. The molecule has 0 bridgehead atoms. The van der Waals surface area contributed by atoms with Gasteiger partial charge < -0.3 is 10.3 Å². The van der Waals surface area contributed by atoms with Crippen molar-refractivity contribution < 1.29 is 9.45 Å². The summed E-state index contributed by atoms with van der Waals surface area (Å²) in [5.41, 5.74) is 7.99. The number of anilines is 1. The van der Waals surface area contributed by atoms with E-state index >= 15 is 0 Å². The van der Waals surface area contributed by atoms with Crippen molar-refractivity contribution in [3.8, 4) is 22.2 Å². The number of nitrogen functional groups attached to an aromatic ring is 1. The van der Waals surface area contributed by atoms with Crippen molar-refractivity contribution in [3.05, 3.63) is 45.3 Å². The first-order valence-corrected chi connectivity index (χ1v) is 6.86. The van der Waals surface area contributed by atoms with Crippen molar-refractivity contribution in [2.75, 3.05) is 5.73 Å². The summed E-state index contributed by atoms with van der Waals surface area (Å²) in [5.74, 6) is 0.603. The van der Waals surface area contributed by atoms with Crippen molar-refractivity contribution in [2.24, 2.45) is 0 Å². The smallest absolute Gasteiger partial charge is 0.270 e. The highest BCUT2D eigenvalue weighted by Gasteiger charge is 2.17. The first-order chi connectivity index (χ1) is 10.1. The standard InChI is InChI=1S/C13H10N4O3S/c1-7-6-21-11(10(7)14)13-15-12(16-20-13)8-3-2-4-9(5-8)17(18)19/h2-6H,14H2,1H3. The number of benzene rings is 1. The van der Waals surface area contributed by atoms with Crippen LogP contribution in [0.2, 0.25) is 0 Å². The van der Waals surface area contributed by atoms with Crippen LogP contribution in [0, 0.1) is 17.0 Å². The molecule has 2 aromatic heterocycles. The van der Waals surface area contributed by atoms with E-state index in [4.69, 9.17) is 10.3 Å². The number of aryl methyl sites for hydroxylation is 1.